The van der Waals surface area contributed by atoms with Crippen LogP contribution in [0.1, 0.15) is 12.2 Å². The van der Waals surface area contributed by atoms with Crippen LogP contribution in [0.4, 0.5) is 11.5 Å². The van der Waals surface area contributed by atoms with E-state index in [4.69, 9.17) is 4.52 Å². The van der Waals surface area contributed by atoms with E-state index >= 15 is 0 Å². The Hall–Kier alpha value is -2.35. The van der Waals surface area contributed by atoms with Gasteiger partial charge in [-0.15, -0.1) is 0 Å². The van der Waals surface area contributed by atoms with Crippen molar-refractivity contribution >= 4 is 27.4 Å². The molecule has 0 N–H and O–H groups in total. The van der Waals surface area contributed by atoms with Crippen molar-refractivity contribution in [1.29, 1.82) is 0 Å². The van der Waals surface area contributed by atoms with Crippen LogP contribution in [0.5, 0.6) is 0 Å². The third-order valence-corrected chi connectivity index (χ3v) is 4.49. The lowest BCUT2D eigenvalue weighted by Gasteiger charge is -2.21. The minimum Gasteiger partial charge on any atom is -0.360 e. The van der Waals surface area contributed by atoms with Crippen LogP contribution in [0, 0.1) is 6.92 Å². The molecule has 0 saturated heterocycles. The highest BCUT2D eigenvalue weighted by Crippen LogP contribution is 2.18. The number of sulfonamides is 1. The van der Waals surface area contributed by atoms with E-state index in [-0.39, 0.29) is 24.7 Å². The fourth-order valence-corrected chi connectivity index (χ4v) is 2.93. The van der Waals surface area contributed by atoms with Crippen molar-refractivity contribution < 1.29 is 17.7 Å². The number of carbonyl (C=O) groups excluding carboxylic acids is 1. The predicted octanol–water partition coefficient (Wildman–Crippen LogP) is 1.80. The monoisotopic (exact) mass is 337 g/mol. The molecule has 0 bridgehead atoms. The van der Waals surface area contributed by atoms with Gasteiger partial charge in [0.05, 0.1) is 6.26 Å². The molecule has 0 unspecified atom stereocenters. The molecule has 2 aromatic rings. The normalized spacial score (nSPS) is 11.3. The van der Waals surface area contributed by atoms with E-state index in [0.29, 0.717) is 5.76 Å². The van der Waals surface area contributed by atoms with Gasteiger partial charge in [-0.2, -0.15) is 0 Å². The molecule has 1 aromatic heterocycles. The van der Waals surface area contributed by atoms with Gasteiger partial charge in [0, 0.05) is 31.8 Å². The maximum absolute atomic E-state index is 12.3. The van der Waals surface area contributed by atoms with Gasteiger partial charge < -0.3 is 9.42 Å². The maximum atomic E-state index is 12.3. The summed E-state index contributed by atoms with van der Waals surface area (Å²) >= 11 is 0. The van der Waals surface area contributed by atoms with Crippen LogP contribution in [0.25, 0.3) is 0 Å². The smallest absolute Gasteiger partial charge is 0.233 e. The van der Waals surface area contributed by atoms with Crippen molar-refractivity contribution in [2.24, 2.45) is 0 Å². The molecule has 0 radical (unpaired) electrons. The van der Waals surface area contributed by atoms with Crippen molar-refractivity contribution in [2.45, 2.75) is 13.3 Å². The molecule has 7 nitrogen and oxygen atoms in total. The molecule has 1 amide bonds. The Labute approximate surface area is 135 Å². The number of hydrogen-bond donors (Lipinski definition) is 0. The molecular weight excluding hydrogens is 318 g/mol. The summed E-state index contributed by atoms with van der Waals surface area (Å²) in [7, 11) is -1.90. The Morgan fingerprint density at radius 2 is 1.91 bits per heavy atom. The van der Waals surface area contributed by atoms with Crippen LogP contribution < -0.4 is 9.21 Å². The second-order valence-corrected chi connectivity index (χ2v) is 7.08. The molecule has 23 heavy (non-hydrogen) atoms. The van der Waals surface area contributed by atoms with E-state index in [1.54, 1.807) is 14.0 Å². The number of aryl methyl sites for hydroxylation is 1. The summed E-state index contributed by atoms with van der Waals surface area (Å²) in [6.07, 6.45) is 1.10. The largest absolute Gasteiger partial charge is 0.360 e. The molecule has 8 heteroatoms. The molecule has 0 aliphatic carbocycles. The third-order valence-electron chi connectivity index (χ3n) is 3.32. The van der Waals surface area contributed by atoms with Gasteiger partial charge in [0.2, 0.25) is 15.9 Å². The lowest BCUT2D eigenvalue weighted by Crippen LogP contribution is -2.35. The fraction of sp³-hybridized carbons (Fsp3) is 0.333. The molecular formula is C15H19N3O4S. The molecule has 124 valence electrons. The van der Waals surface area contributed by atoms with Crippen LogP contribution in [0.3, 0.4) is 0 Å². The summed E-state index contributed by atoms with van der Waals surface area (Å²) in [6.45, 7) is 1.67. The molecule has 0 atom stereocenters. The topological polar surface area (TPSA) is 83.7 Å². The third kappa shape index (κ3) is 4.32. The molecule has 0 aliphatic rings. The first-order valence-corrected chi connectivity index (χ1v) is 8.86. The first-order chi connectivity index (χ1) is 10.8. The number of anilines is 2. The van der Waals surface area contributed by atoms with Gasteiger partial charge in [-0.3, -0.25) is 9.10 Å². The molecule has 0 aliphatic heterocycles. The molecule has 1 aromatic carbocycles. The molecule has 0 fully saturated rings. The lowest BCUT2D eigenvalue weighted by molar-refractivity contribution is -0.118. The molecule has 1 heterocycles. The van der Waals surface area contributed by atoms with E-state index in [9.17, 15) is 13.2 Å². The SMILES string of the molecule is Cc1cc(N(CCC(=O)N(C)c2ccccc2)S(C)(=O)=O)no1. The summed E-state index contributed by atoms with van der Waals surface area (Å²) in [6, 6.07) is 10.7. The maximum Gasteiger partial charge on any atom is 0.233 e. The fourth-order valence-electron chi connectivity index (χ4n) is 2.08. The average Bonchev–Trinajstić information content (AvgIpc) is 2.92. The summed E-state index contributed by atoms with van der Waals surface area (Å²) < 4.78 is 29.8. The number of nitrogens with zero attached hydrogens (tertiary/aromatic N) is 3. The van der Waals surface area contributed by atoms with Crippen LogP contribution in [0.2, 0.25) is 0 Å². The average molecular weight is 337 g/mol. The summed E-state index contributed by atoms with van der Waals surface area (Å²) in [5.74, 6) is 0.492. The van der Waals surface area contributed by atoms with E-state index < -0.39 is 10.0 Å². The number of benzene rings is 1. The second kappa shape index (κ2) is 6.82. The zero-order valence-corrected chi connectivity index (χ0v) is 14.1. The van der Waals surface area contributed by atoms with Crippen LogP contribution in [-0.2, 0) is 14.8 Å². The van der Waals surface area contributed by atoms with Crippen molar-refractivity contribution in [3.63, 3.8) is 0 Å². The Morgan fingerprint density at radius 3 is 2.43 bits per heavy atom. The van der Waals surface area contributed by atoms with Gasteiger partial charge in [0.25, 0.3) is 0 Å². The van der Waals surface area contributed by atoms with Crippen LogP contribution in [0.15, 0.2) is 40.9 Å². The number of para-hydroxylation sites is 1. The number of aromatic nitrogens is 1. The Balaban J connectivity index is 2.08. The molecule has 0 spiro atoms. The minimum absolute atomic E-state index is 0.000807. The first kappa shape index (κ1) is 17.0. The zero-order valence-electron chi connectivity index (χ0n) is 13.3. The van der Waals surface area contributed by atoms with Crippen molar-refractivity contribution in [3.8, 4) is 0 Å². The predicted molar refractivity (Wildman–Crippen MR) is 87.9 cm³/mol. The van der Waals surface area contributed by atoms with E-state index in [2.05, 4.69) is 5.16 Å². The van der Waals surface area contributed by atoms with Gasteiger partial charge in [-0.05, 0) is 19.1 Å². The van der Waals surface area contributed by atoms with Gasteiger partial charge >= 0.3 is 0 Å². The number of amides is 1. The summed E-state index contributed by atoms with van der Waals surface area (Å²) in [4.78, 5) is 13.8. The van der Waals surface area contributed by atoms with Crippen molar-refractivity contribution in [3.05, 3.63) is 42.2 Å². The second-order valence-electron chi connectivity index (χ2n) is 5.17. The van der Waals surface area contributed by atoms with Crippen LogP contribution >= 0.6 is 0 Å². The molecule has 0 saturated carbocycles. The summed E-state index contributed by atoms with van der Waals surface area (Å²) in [5, 5.41) is 3.71. The highest BCUT2D eigenvalue weighted by Gasteiger charge is 2.22. The van der Waals surface area contributed by atoms with Crippen molar-refractivity contribution in [2.75, 3.05) is 29.1 Å². The number of carbonyl (C=O) groups is 1. The van der Waals surface area contributed by atoms with Gasteiger partial charge in [-0.1, -0.05) is 23.4 Å². The van der Waals surface area contributed by atoms with Gasteiger partial charge in [0.15, 0.2) is 5.82 Å². The quantitative estimate of drug-likeness (QED) is 0.802. The highest BCUT2D eigenvalue weighted by atomic mass is 32.2. The standard InChI is InChI=1S/C15H19N3O4S/c1-12-11-14(16-22-12)18(23(3,20)21)10-9-15(19)17(2)13-7-5-4-6-8-13/h4-8,11H,9-10H2,1-3H3. The van der Waals surface area contributed by atoms with Gasteiger partial charge in [0.1, 0.15) is 5.76 Å². The summed E-state index contributed by atoms with van der Waals surface area (Å²) in [5.41, 5.74) is 0.751. The lowest BCUT2D eigenvalue weighted by atomic mass is 10.2. The first-order valence-electron chi connectivity index (χ1n) is 7.01. The van der Waals surface area contributed by atoms with E-state index in [1.807, 2.05) is 30.3 Å². The number of hydrogen-bond acceptors (Lipinski definition) is 5. The Bertz CT molecular complexity index is 771. The molecule has 2 rings (SSSR count). The van der Waals surface area contributed by atoms with Crippen LogP contribution in [-0.4, -0.2) is 39.3 Å². The Kier molecular flexibility index (Phi) is 5.05. The number of rotatable bonds is 6. The zero-order chi connectivity index (χ0) is 17.0. The Morgan fingerprint density at radius 1 is 1.26 bits per heavy atom. The minimum atomic E-state index is -3.55. The van der Waals surface area contributed by atoms with E-state index in [1.165, 1.54) is 11.0 Å². The van der Waals surface area contributed by atoms with Gasteiger partial charge in [-0.25, -0.2) is 8.42 Å². The highest BCUT2D eigenvalue weighted by molar-refractivity contribution is 7.92. The van der Waals surface area contributed by atoms with E-state index in [0.717, 1.165) is 16.2 Å². The van der Waals surface area contributed by atoms with Crippen molar-refractivity contribution in [1.82, 2.24) is 5.16 Å².